The van der Waals surface area contributed by atoms with Crippen molar-refractivity contribution in [2.24, 2.45) is 0 Å². The number of nitrogens with zero attached hydrogens (tertiary/aromatic N) is 2. The van der Waals surface area contributed by atoms with Crippen LogP contribution in [0.4, 0.5) is 10.1 Å². The lowest BCUT2D eigenvalue weighted by Gasteiger charge is -2.34. The molecule has 2 aromatic rings. The van der Waals surface area contributed by atoms with E-state index in [1.165, 1.54) is 18.7 Å². The summed E-state index contributed by atoms with van der Waals surface area (Å²) in [6.45, 7) is 10.7. The Labute approximate surface area is 178 Å². The van der Waals surface area contributed by atoms with Gasteiger partial charge in [-0.3, -0.25) is 14.6 Å². The molecule has 1 aliphatic heterocycles. The Kier molecular flexibility index (Phi) is 7.45. The van der Waals surface area contributed by atoms with E-state index in [1.54, 1.807) is 6.07 Å². The molecule has 0 saturated carbocycles. The molecule has 1 fully saturated rings. The molecule has 30 heavy (non-hydrogen) atoms. The zero-order chi connectivity index (χ0) is 21.7. The number of anilines is 1. The summed E-state index contributed by atoms with van der Waals surface area (Å²) in [4.78, 5) is 17.1. The number of hydrogen-bond donors (Lipinski definition) is 1. The number of para-hydroxylation sites is 1. The van der Waals surface area contributed by atoms with E-state index in [0.717, 1.165) is 43.0 Å². The number of piperazine rings is 1. The second kappa shape index (κ2) is 10.0. The zero-order valence-electron chi connectivity index (χ0n) is 18.4. The number of hydrogen-bond acceptors (Lipinski definition) is 4. The van der Waals surface area contributed by atoms with E-state index >= 15 is 0 Å². The summed E-state index contributed by atoms with van der Waals surface area (Å²) in [6.07, 6.45) is 0. The predicted molar refractivity (Wildman–Crippen MR) is 119 cm³/mol. The molecule has 1 amide bonds. The van der Waals surface area contributed by atoms with E-state index in [1.807, 2.05) is 25.1 Å². The lowest BCUT2D eigenvalue weighted by atomic mass is 9.98. The highest BCUT2D eigenvalue weighted by molar-refractivity contribution is 5.93. The zero-order valence-corrected chi connectivity index (χ0v) is 18.4. The van der Waals surface area contributed by atoms with Crippen LogP contribution in [0, 0.1) is 12.7 Å². The van der Waals surface area contributed by atoms with Gasteiger partial charge >= 0.3 is 0 Å². The van der Waals surface area contributed by atoms with Gasteiger partial charge in [0.2, 0.25) is 5.91 Å². The molecule has 0 bridgehead atoms. The van der Waals surface area contributed by atoms with Crippen molar-refractivity contribution in [3.8, 4) is 5.75 Å². The predicted octanol–water partition coefficient (Wildman–Crippen LogP) is 4.02. The maximum absolute atomic E-state index is 13.9. The lowest BCUT2D eigenvalue weighted by Crippen LogP contribution is -2.48. The van der Waals surface area contributed by atoms with Crippen LogP contribution in [-0.4, -0.2) is 55.5 Å². The quantitative estimate of drug-likeness (QED) is 0.745. The number of nitrogens with one attached hydrogen (secondary N) is 1. The smallest absolute Gasteiger partial charge is 0.238 e. The van der Waals surface area contributed by atoms with Crippen LogP contribution in [0.15, 0.2) is 36.4 Å². The van der Waals surface area contributed by atoms with Gasteiger partial charge in [0, 0.05) is 38.4 Å². The average Bonchev–Trinajstić information content (AvgIpc) is 2.71. The van der Waals surface area contributed by atoms with E-state index in [4.69, 9.17) is 4.74 Å². The van der Waals surface area contributed by atoms with Gasteiger partial charge in [-0.1, -0.05) is 38.1 Å². The molecular weight excluding hydrogens is 381 g/mol. The summed E-state index contributed by atoms with van der Waals surface area (Å²) in [7, 11) is 1.47. The number of benzene rings is 2. The second-order valence-corrected chi connectivity index (χ2v) is 8.26. The summed E-state index contributed by atoms with van der Waals surface area (Å²) in [5.41, 5.74) is 4.13. The number of carbonyl (C=O) groups excluding carboxylic acids is 1. The van der Waals surface area contributed by atoms with Gasteiger partial charge in [0.15, 0.2) is 11.6 Å². The first-order valence-corrected chi connectivity index (χ1v) is 10.5. The highest BCUT2D eigenvalue weighted by atomic mass is 19.1. The first kappa shape index (κ1) is 22.2. The molecule has 0 aromatic heterocycles. The van der Waals surface area contributed by atoms with Crippen molar-refractivity contribution in [3.63, 3.8) is 0 Å². The molecule has 0 radical (unpaired) electrons. The summed E-state index contributed by atoms with van der Waals surface area (Å²) >= 11 is 0. The number of methoxy groups -OCH3 is 1. The summed E-state index contributed by atoms with van der Waals surface area (Å²) in [5, 5.41) is 3.13. The van der Waals surface area contributed by atoms with Crippen LogP contribution in [0.5, 0.6) is 5.75 Å². The van der Waals surface area contributed by atoms with Gasteiger partial charge < -0.3 is 10.1 Å². The van der Waals surface area contributed by atoms with Gasteiger partial charge in [0.05, 0.1) is 13.7 Å². The molecular formula is C24H32FN3O2. The van der Waals surface area contributed by atoms with Gasteiger partial charge in [0.25, 0.3) is 0 Å². The third-order valence-electron chi connectivity index (χ3n) is 5.65. The van der Waals surface area contributed by atoms with Gasteiger partial charge in [-0.15, -0.1) is 0 Å². The molecule has 162 valence electrons. The van der Waals surface area contributed by atoms with Crippen LogP contribution < -0.4 is 10.1 Å². The minimum atomic E-state index is -0.331. The van der Waals surface area contributed by atoms with Gasteiger partial charge in [-0.2, -0.15) is 0 Å². The Balaban J connectivity index is 1.50. The van der Waals surface area contributed by atoms with E-state index in [0.29, 0.717) is 19.0 Å². The van der Waals surface area contributed by atoms with Crippen LogP contribution in [-0.2, 0) is 11.3 Å². The Morgan fingerprint density at radius 3 is 2.47 bits per heavy atom. The Morgan fingerprint density at radius 2 is 1.83 bits per heavy atom. The van der Waals surface area contributed by atoms with Crippen molar-refractivity contribution in [1.29, 1.82) is 0 Å². The van der Waals surface area contributed by atoms with Crippen LogP contribution in [0.2, 0.25) is 0 Å². The third-order valence-corrected chi connectivity index (χ3v) is 5.65. The molecule has 1 aliphatic rings. The molecule has 0 unspecified atom stereocenters. The van der Waals surface area contributed by atoms with E-state index in [-0.39, 0.29) is 17.5 Å². The van der Waals surface area contributed by atoms with E-state index in [2.05, 4.69) is 35.0 Å². The van der Waals surface area contributed by atoms with Crippen molar-refractivity contribution < 1.29 is 13.9 Å². The lowest BCUT2D eigenvalue weighted by molar-refractivity contribution is -0.117. The molecule has 1 N–H and O–H groups in total. The molecule has 0 aliphatic carbocycles. The monoisotopic (exact) mass is 413 g/mol. The molecule has 1 saturated heterocycles. The number of ether oxygens (including phenoxy) is 1. The fraction of sp³-hybridized carbons (Fsp3) is 0.458. The minimum Gasteiger partial charge on any atom is -0.494 e. The van der Waals surface area contributed by atoms with Gasteiger partial charge in [0.1, 0.15) is 0 Å². The highest BCUT2D eigenvalue weighted by Gasteiger charge is 2.20. The molecule has 3 rings (SSSR count). The fourth-order valence-electron chi connectivity index (χ4n) is 3.90. The van der Waals surface area contributed by atoms with Crippen molar-refractivity contribution in [2.45, 2.75) is 33.2 Å². The van der Waals surface area contributed by atoms with Crippen LogP contribution in [0.25, 0.3) is 0 Å². The Bertz CT molecular complexity index is 877. The summed E-state index contributed by atoms with van der Waals surface area (Å²) < 4.78 is 18.9. The van der Waals surface area contributed by atoms with E-state index < -0.39 is 0 Å². The number of halogens is 1. The number of rotatable bonds is 7. The van der Waals surface area contributed by atoms with Crippen LogP contribution in [0.1, 0.15) is 36.5 Å². The van der Waals surface area contributed by atoms with Gasteiger partial charge in [-0.05, 0) is 41.7 Å². The molecule has 6 heteroatoms. The Hall–Kier alpha value is -2.44. The first-order valence-electron chi connectivity index (χ1n) is 10.5. The van der Waals surface area contributed by atoms with Crippen molar-refractivity contribution >= 4 is 11.6 Å². The molecule has 2 aromatic carbocycles. The second-order valence-electron chi connectivity index (χ2n) is 8.26. The fourth-order valence-corrected chi connectivity index (χ4v) is 3.90. The SMILES string of the molecule is COc1ccc(CN2CCN(CC(=O)Nc3c(C)cccc3C(C)C)CC2)cc1F. The van der Waals surface area contributed by atoms with E-state index in [9.17, 15) is 9.18 Å². The third kappa shape index (κ3) is 5.58. The molecule has 1 heterocycles. The van der Waals surface area contributed by atoms with Crippen LogP contribution >= 0.6 is 0 Å². The number of amides is 1. The van der Waals surface area contributed by atoms with Crippen LogP contribution in [0.3, 0.4) is 0 Å². The topological polar surface area (TPSA) is 44.8 Å². The standard InChI is InChI=1S/C24H32FN3O2/c1-17(2)20-7-5-6-18(3)24(20)26-23(29)16-28-12-10-27(11-13-28)15-19-8-9-22(30-4)21(25)14-19/h5-9,14,17H,10-13,15-16H2,1-4H3,(H,26,29). The van der Waals surface area contributed by atoms with Crippen molar-refractivity contribution in [2.75, 3.05) is 45.2 Å². The normalized spacial score (nSPS) is 15.4. The molecule has 0 spiro atoms. The minimum absolute atomic E-state index is 0.0249. The maximum Gasteiger partial charge on any atom is 0.238 e. The maximum atomic E-state index is 13.9. The highest BCUT2D eigenvalue weighted by Crippen LogP contribution is 2.27. The largest absolute Gasteiger partial charge is 0.494 e. The first-order chi connectivity index (χ1) is 14.4. The number of aryl methyl sites for hydroxylation is 1. The Morgan fingerprint density at radius 1 is 1.13 bits per heavy atom. The van der Waals surface area contributed by atoms with Crippen molar-refractivity contribution in [3.05, 3.63) is 58.9 Å². The van der Waals surface area contributed by atoms with Gasteiger partial charge in [-0.25, -0.2) is 4.39 Å². The molecule has 0 atom stereocenters. The number of carbonyl (C=O) groups is 1. The molecule has 5 nitrogen and oxygen atoms in total. The summed E-state index contributed by atoms with van der Waals surface area (Å²) in [5.74, 6) is 0.314. The summed E-state index contributed by atoms with van der Waals surface area (Å²) in [6, 6.07) is 11.2. The van der Waals surface area contributed by atoms with Crippen molar-refractivity contribution in [1.82, 2.24) is 9.80 Å². The average molecular weight is 414 g/mol.